The largest absolute Gasteiger partial charge is 0.337 e. The van der Waals surface area contributed by atoms with E-state index in [9.17, 15) is 0 Å². The lowest BCUT2D eigenvalue weighted by molar-refractivity contribution is 0.364. The maximum absolute atomic E-state index is 5.94. The number of nitrogens with two attached hydrogens (primary N) is 1. The number of nitrogens with zero attached hydrogens (tertiary/aromatic N) is 2. The van der Waals surface area contributed by atoms with E-state index in [0.717, 1.165) is 11.3 Å². The molecule has 0 amide bonds. The van der Waals surface area contributed by atoms with Crippen molar-refractivity contribution in [2.45, 2.75) is 19.4 Å². The van der Waals surface area contributed by atoms with Crippen LogP contribution in [0.1, 0.15) is 29.6 Å². The van der Waals surface area contributed by atoms with E-state index in [1.807, 2.05) is 24.4 Å². The second-order valence-electron chi connectivity index (χ2n) is 2.90. The van der Waals surface area contributed by atoms with E-state index < -0.39 is 0 Å². The summed E-state index contributed by atoms with van der Waals surface area (Å²) in [5.74, 6) is 1.19. The second-order valence-corrected chi connectivity index (χ2v) is 3.87. The van der Waals surface area contributed by atoms with Crippen molar-refractivity contribution in [3.63, 3.8) is 0 Å². The molecule has 14 heavy (non-hydrogen) atoms. The smallest absolute Gasteiger partial charge is 0.248 e. The molecule has 0 bridgehead atoms. The van der Waals surface area contributed by atoms with Crippen LogP contribution in [-0.4, -0.2) is 10.1 Å². The third kappa shape index (κ3) is 1.69. The van der Waals surface area contributed by atoms with Crippen LogP contribution < -0.4 is 5.73 Å². The van der Waals surface area contributed by atoms with E-state index in [1.54, 1.807) is 11.3 Å². The summed E-state index contributed by atoms with van der Waals surface area (Å²) in [5.41, 5.74) is 5.94. The minimum absolute atomic E-state index is 0.289. The quantitative estimate of drug-likeness (QED) is 0.836. The molecule has 4 nitrogen and oxygen atoms in total. The average Bonchev–Trinajstić information content (AvgIpc) is 2.88. The summed E-state index contributed by atoms with van der Waals surface area (Å²) in [4.78, 5) is 5.23. The fourth-order valence-electron chi connectivity index (χ4n) is 1.13. The molecule has 1 unspecified atom stereocenters. The minimum Gasteiger partial charge on any atom is -0.337 e. The number of hydrogen-bond donors (Lipinski definition) is 1. The Morgan fingerprint density at radius 3 is 3.07 bits per heavy atom. The molecule has 2 aromatic rings. The van der Waals surface area contributed by atoms with Gasteiger partial charge in [-0.15, -0.1) is 11.3 Å². The lowest BCUT2D eigenvalue weighted by Gasteiger charge is -2.01. The number of aromatic nitrogens is 2. The van der Waals surface area contributed by atoms with Crippen LogP contribution in [0.2, 0.25) is 0 Å². The van der Waals surface area contributed by atoms with Gasteiger partial charge < -0.3 is 10.3 Å². The molecule has 2 aromatic heterocycles. The van der Waals surface area contributed by atoms with E-state index in [2.05, 4.69) is 10.1 Å². The second kappa shape index (κ2) is 3.89. The highest BCUT2D eigenvalue weighted by Crippen LogP contribution is 2.22. The first kappa shape index (κ1) is 9.36. The Labute approximate surface area is 85.7 Å². The van der Waals surface area contributed by atoms with E-state index in [-0.39, 0.29) is 6.04 Å². The summed E-state index contributed by atoms with van der Waals surface area (Å²) in [7, 11) is 0. The highest BCUT2D eigenvalue weighted by atomic mass is 32.1. The van der Waals surface area contributed by atoms with Gasteiger partial charge in [0, 0.05) is 11.3 Å². The molecule has 5 heteroatoms. The normalized spacial score (nSPS) is 13.0. The Morgan fingerprint density at radius 1 is 1.64 bits per heavy atom. The molecule has 0 saturated carbocycles. The van der Waals surface area contributed by atoms with E-state index in [1.165, 1.54) is 0 Å². The van der Waals surface area contributed by atoms with Crippen molar-refractivity contribution in [2.24, 2.45) is 5.73 Å². The molecular formula is C9H11N3OS. The highest BCUT2D eigenvalue weighted by Gasteiger charge is 2.16. The van der Waals surface area contributed by atoms with Gasteiger partial charge in [-0.2, -0.15) is 4.98 Å². The molecule has 2 N–H and O–H groups in total. The van der Waals surface area contributed by atoms with Crippen molar-refractivity contribution in [1.29, 1.82) is 0 Å². The van der Waals surface area contributed by atoms with Crippen molar-refractivity contribution in [2.75, 3.05) is 0 Å². The van der Waals surface area contributed by atoms with Crippen molar-refractivity contribution < 1.29 is 4.52 Å². The topological polar surface area (TPSA) is 64.9 Å². The zero-order valence-corrected chi connectivity index (χ0v) is 8.62. The van der Waals surface area contributed by atoms with Crippen molar-refractivity contribution in [1.82, 2.24) is 10.1 Å². The predicted molar refractivity (Wildman–Crippen MR) is 54.0 cm³/mol. The van der Waals surface area contributed by atoms with Crippen molar-refractivity contribution >= 4 is 11.3 Å². The molecule has 0 aromatic carbocycles. The third-order valence-electron chi connectivity index (χ3n) is 1.92. The first-order chi connectivity index (χ1) is 6.81. The molecular weight excluding hydrogens is 198 g/mol. The van der Waals surface area contributed by atoms with Crippen LogP contribution >= 0.6 is 11.3 Å². The molecule has 74 valence electrons. The maximum Gasteiger partial charge on any atom is 0.248 e. The van der Waals surface area contributed by atoms with Crippen LogP contribution in [0, 0.1) is 0 Å². The summed E-state index contributed by atoms with van der Waals surface area (Å²) in [6.45, 7) is 1.98. The Balaban J connectivity index is 2.23. The van der Waals surface area contributed by atoms with Crippen LogP contribution in [0.3, 0.4) is 0 Å². The fraction of sp³-hybridized carbons (Fsp3) is 0.333. The van der Waals surface area contributed by atoms with Crippen LogP contribution in [0.5, 0.6) is 0 Å². The zero-order valence-electron chi connectivity index (χ0n) is 7.80. The number of aryl methyl sites for hydroxylation is 1. The summed E-state index contributed by atoms with van der Waals surface area (Å²) in [5, 5.41) is 5.78. The standard InChI is InChI=1S/C9H11N3OS/c1-2-7-11-9(13-12-7)8(10)6-4-3-5-14-6/h3-5,8H,2,10H2,1H3. The lowest BCUT2D eigenvalue weighted by atomic mass is 10.2. The van der Waals surface area contributed by atoms with Gasteiger partial charge in [0.05, 0.1) is 0 Å². The minimum atomic E-state index is -0.289. The van der Waals surface area contributed by atoms with Gasteiger partial charge >= 0.3 is 0 Å². The van der Waals surface area contributed by atoms with Gasteiger partial charge in [0.1, 0.15) is 6.04 Å². The molecule has 0 fully saturated rings. The van der Waals surface area contributed by atoms with Gasteiger partial charge in [0.25, 0.3) is 0 Å². The summed E-state index contributed by atoms with van der Waals surface area (Å²) < 4.78 is 5.06. The Morgan fingerprint density at radius 2 is 2.50 bits per heavy atom. The monoisotopic (exact) mass is 209 g/mol. The number of thiophene rings is 1. The fourth-order valence-corrected chi connectivity index (χ4v) is 1.85. The summed E-state index contributed by atoms with van der Waals surface area (Å²) >= 11 is 1.59. The third-order valence-corrected chi connectivity index (χ3v) is 2.87. The number of hydrogen-bond acceptors (Lipinski definition) is 5. The highest BCUT2D eigenvalue weighted by molar-refractivity contribution is 7.10. The molecule has 1 atom stereocenters. The molecule has 0 spiro atoms. The predicted octanol–water partition coefficient (Wildman–Crippen LogP) is 1.74. The van der Waals surface area contributed by atoms with Crippen LogP contribution in [-0.2, 0) is 6.42 Å². The molecule has 0 aliphatic carbocycles. The van der Waals surface area contributed by atoms with Gasteiger partial charge in [-0.25, -0.2) is 0 Å². The van der Waals surface area contributed by atoms with Crippen LogP contribution in [0.15, 0.2) is 22.0 Å². The molecule has 2 heterocycles. The maximum atomic E-state index is 5.94. The zero-order chi connectivity index (χ0) is 9.97. The van der Waals surface area contributed by atoms with Gasteiger partial charge in [0.2, 0.25) is 5.89 Å². The van der Waals surface area contributed by atoms with E-state index in [4.69, 9.17) is 10.3 Å². The first-order valence-corrected chi connectivity index (χ1v) is 5.30. The average molecular weight is 209 g/mol. The van der Waals surface area contributed by atoms with Gasteiger partial charge in [-0.1, -0.05) is 18.1 Å². The van der Waals surface area contributed by atoms with E-state index >= 15 is 0 Å². The molecule has 0 saturated heterocycles. The SMILES string of the molecule is CCc1noc(C(N)c2cccs2)n1. The lowest BCUT2D eigenvalue weighted by Crippen LogP contribution is -2.10. The van der Waals surface area contributed by atoms with Crippen molar-refractivity contribution in [3.05, 3.63) is 34.1 Å². The Hall–Kier alpha value is -1.20. The van der Waals surface area contributed by atoms with Crippen LogP contribution in [0.4, 0.5) is 0 Å². The molecule has 0 aliphatic heterocycles. The van der Waals surface area contributed by atoms with Gasteiger partial charge in [-0.3, -0.25) is 0 Å². The Bertz CT molecular complexity index is 396. The van der Waals surface area contributed by atoms with Crippen LogP contribution in [0.25, 0.3) is 0 Å². The van der Waals surface area contributed by atoms with Gasteiger partial charge in [0.15, 0.2) is 5.82 Å². The van der Waals surface area contributed by atoms with E-state index in [0.29, 0.717) is 11.7 Å². The Kier molecular flexibility index (Phi) is 2.60. The molecule has 2 rings (SSSR count). The first-order valence-electron chi connectivity index (χ1n) is 4.42. The molecule has 0 aliphatic rings. The number of rotatable bonds is 3. The molecule has 0 radical (unpaired) electrons. The summed E-state index contributed by atoms with van der Waals surface area (Å²) in [6.07, 6.45) is 0.765. The van der Waals surface area contributed by atoms with Gasteiger partial charge in [-0.05, 0) is 11.4 Å². The van der Waals surface area contributed by atoms with Crippen molar-refractivity contribution in [3.8, 4) is 0 Å². The summed E-state index contributed by atoms with van der Waals surface area (Å²) in [6, 6.07) is 3.63.